The van der Waals surface area contributed by atoms with Crippen LogP contribution in [-0.2, 0) is 12.6 Å². The van der Waals surface area contributed by atoms with Crippen molar-refractivity contribution in [3.05, 3.63) is 41.1 Å². The van der Waals surface area contributed by atoms with Crippen molar-refractivity contribution in [3.8, 4) is 0 Å². The van der Waals surface area contributed by atoms with E-state index in [1.54, 1.807) is 19.1 Å². The molecule has 2 N–H and O–H groups in total. The Morgan fingerprint density at radius 3 is 2.60 bits per heavy atom. The fourth-order valence-electron chi connectivity index (χ4n) is 2.34. The van der Waals surface area contributed by atoms with Crippen molar-refractivity contribution in [2.24, 2.45) is 11.7 Å². The summed E-state index contributed by atoms with van der Waals surface area (Å²) in [6.45, 7) is 4.21. The third kappa shape index (κ3) is 2.93. The first kappa shape index (κ1) is 14.8. The lowest BCUT2D eigenvalue weighted by Gasteiger charge is -2.14. The molecule has 0 aliphatic rings. The van der Waals surface area contributed by atoms with Gasteiger partial charge in [-0.25, -0.2) is 0 Å². The molecule has 0 saturated carbocycles. The molecule has 1 aromatic heterocycles. The second kappa shape index (κ2) is 5.40. The van der Waals surface area contributed by atoms with Crippen LogP contribution in [0.3, 0.4) is 0 Å². The number of pyridine rings is 1. The summed E-state index contributed by atoms with van der Waals surface area (Å²) in [5.41, 5.74) is 6.72. The van der Waals surface area contributed by atoms with Gasteiger partial charge in [0.1, 0.15) is 0 Å². The molecule has 2 rings (SSSR count). The Morgan fingerprint density at radius 2 is 2.00 bits per heavy atom. The molecule has 1 unspecified atom stereocenters. The number of fused-ring (bicyclic) bond motifs is 1. The summed E-state index contributed by atoms with van der Waals surface area (Å²) in [4.78, 5) is 4.34. The summed E-state index contributed by atoms with van der Waals surface area (Å²) in [6, 6.07) is 5.84. The standard InChI is InChI=1S/C15H17F3N2/c1-9(8-19)6-11-7-10(2)14-12(15(16,17)18)4-3-5-13(14)20-11/h3-5,7,9H,6,8,19H2,1-2H3. The van der Waals surface area contributed by atoms with Gasteiger partial charge in [0, 0.05) is 11.1 Å². The van der Waals surface area contributed by atoms with Crippen LogP contribution in [0.2, 0.25) is 0 Å². The molecule has 2 aromatic rings. The van der Waals surface area contributed by atoms with E-state index in [0.29, 0.717) is 24.0 Å². The molecule has 1 aromatic carbocycles. The zero-order valence-corrected chi connectivity index (χ0v) is 11.5. The molecule has 2 nitrogen and oxygen atoms in total. The third-order valence-electron chi connectivity index (χ3n) is 3.35. The maximum atomic E-state index is 13.0. The number of nitrogens with zero attached hydrogens (tertiary/aromatic N) is 1. The molecule has 0 spiro atoms. The summed E-state index contributed by atoms with van der Waals surface area (Å²) in [5.74, 6) is 0.255. The van der Waals surface area contributed by atoms with E-state index in [2.05, 4.69) is 4.98 Å². The first-order chi connectivity index (χ1) is 9.32. The molecule has 0 aliphatic heterocycles. The van der Waals surface area contributed by atoms with Crippen LogP contribution in [-0.4, -0.2) is 11.5 Å². The van der Waals surface area contributed by atoms with Gasteiger partial charge in [-0.3, -0.25) is 4.98 Å². The monoisotopic (exact) mass is 282 g/mol. The molecule has 108 valence electrons. The molecule has 0 radical (unpaired) electrons. The van der Waals surface area contributed by atoms with Gasteiger partial charge in [-0.2, -0.15) is 13.2 Å². The van der Waals surface area contributed by atoms with Crippen LogP contribution in [0, 0.1) is 12.8 Å². The number of nitrogens with two attached hydrogens (primary N) is 1. The average Bonchev–Trinajstić information content (AvgIpc) is 2.36. The van der Waals surface area contributed by atoms with Gasteiger partial charge < -0.3 is 5.73 Å². The fourth-order valence-corrected chi connectivity index (χ4v) is 2.34. The highest BCUT2D eigenvalue weighted by Crippen LogP contribution is 2.35. The number of hydrogen-bond donors (Lipinski definition) is 1. The predicted molar refractivity (Wildman–Crippen MR) is 73.4 cm³/mol. The van der Waals surface area contributed by atoms with Crippen LogP contribution < -0.4 is 5.73 Å². The van der Waals surface area contributed by atoms with Gasteiger partial charge in [0.25, 0.3) is 0 Å². The number of benzene rings is 1. The van der Waals surface area contributed by atoms with E-state index in [9.17, 15) is 13.2 Å². The lowest BCUT2D eigenvalue weighted by molar-refractivity contribution is -0.136. The Hall–Kier alpha value is -1.62. The second-order valence-corrected chi connectivity index (χ2v) is 5.17. The van der Waals surface area contributed by atoms with Gasteiger partial charge in [-0.1, -0.05) is 13.0 Å². The maximum Gasteiger partial charge on any atom is 0.417 e. The van der Waals surface area contributed by atoms with E-state index in [1.165, 1.54) is 6.07 Å². The highest BCUT2D eigenvalue weighted by molar-refractivity contribution is 5.86. The normalized spacial score (nSPS) is 13.7. The molecular formula is C15H17F3N2. The van der Waals surface area contributed by atoms with E-state index in [4.69, 9.17) is 5.73 Å². The summed E-state index contributed by atoms with van der Waals surface area (Å²) in [5, 5.41) is 0.184. The highest BCUT2D eigenvalue weighted by atomic mass is 19.4. The van der Waals surface area contributed by atoms with Crippen molar-refractivity contribution >= 4 is 10.9 Å². The molecule has 0 fully saturated rings. The summed E-state index contributed by atoms with van der Waals surface area (Å²) < 4.78 is 39.1. The van der Waals surface area contributed by atoms with E-state index in [-0.39, 0.29) is 11.3 Å². The number of rotatable bonds is 3. The van der Waals surface area contributed by atoms with Crippen LogP contribution in [0.1, 0.15) is 23.7 Å². The van der Waals surface area contributed by atoms with Crippen LogP contribution in [0.4, 0.5) is 13.2 Å². The Kier molecular flexibility index (Phi) is 3.99. The van der Waals surface area contributed by atoms with Crippen molar-refractivity contribution < 1.29 is 13.2 Å². The smallest absolute Gasteiger partial charge is 0.330 e. The van der Waals surface area contributed by atoms with Crippen LogP contribution in [0.15, 0.2) is 24.3 Å². The third-order valence-corrected chi connectivity index (χ3v) is 3.35. The molecule has 0 saturated heterocycles. The molecule has 5 heteroatoms. The van der Waals surface area contributed by atoms with E-state index >= 15 is 0 Å². The molecule has 1 heterocycles. The van der Waals surface area contributed by atoms with E-state index in [0.717, 1.165) is 11.8 Å². The molecule has 0 amide bonds. The van der Waals surface area contributed by atoms with Crippen molar-refractivity contribution in [1.82, 2.24) is 4.98 Å². The van der Waals surface area contributed by atoms with Gasteiger partial charge in [0.05, 0.1) is 11.1 Å². The summed E-state index contributed by atoms with van der Waals surface area (Å²) >= 11 is 0. The second-order valence-electron chi connectivity index (χ2n) is 5.17. The number of alkyl halides is 3. The quantitative estimate of drug-likeness (QED) is 0.932. The van der Waals surface area contributed by atoms with Crippen molar-refractivity contribution in [2.45, 2.75) is 26.4 Å². The summed E-state index contributed by atoms with van der Waals surface area (Å²) in [6.07, 6.45) is -3.69. The topological polar surface area (TPSA) is 38.9 Å². The molecule has 0 bridgehead atoms. The minimum atomic E-state index is -4.36. The summed E-state index contributed by atoms with van der Waals surface area (Å²) in [7, 11) is 0. The maximum absolute atomic E-state index is 13.0. The average molecular weight is 282 g/mol. The van der Waals surface area contributed by atoms with Crippen molar-refractivity contribution in [2.75, 3.05) is 6.54 Å². The highest BCUT2D eigenvalue weighted by Gasteiger charge is 2.33. The van der Waals surface area contributed by atoms with Gasteiger partial charge in [0.15, 0.2) is 0 Å². The largest absolute Gasteiger partial charge is 0.417 e. The van der Waals surface area contributed by atoms with Gasteiger partial charge in [0.2, 0.25) is 0 Å². The zero-order chi connectivity index (χ0) is 14.9. The van der Waals surface area contributed by atoms with E-state index in [1.807, 2.05) is 6.92 Å². The Bertz CT molecular complexity index is 620. The minimum Gasteiger partial charge on any atom is -0.330 e. The molecule has 20 heavy (non-hydrogen) atoms. The fraction of sp³-hybridized carbons (Fsp3) is 0.400. The molecular weight excluding hydrogens is 265 g/mol. The van der Waals surface area contributed by atoms with Crippen LogP contribution in [0.25, 0.3) is 10.9 Å². The minimum absolute atomic E-state index is 0.184. The van der Waals surface area contributed by atoms with Crippen LogP contribution >= 0.6 is 0 Å². The zero-order valence-electron chi connectivity index (χ0n) is 11.5. The SMILES string of the molecule is Cc1cc(CC(C)CN)nc2cccc(C(F)(F)F)c12. The molecule has 0 aliphatic carbocycles. The number of halogens is 3. The Morgan fingerprint density at radius 1 is 1.30 bits per heavy atom. The van der Waals surface area contributed by atoms with Gasteiger partial charge >= 0.3 is 6.18 Å². The van der Waals surface area contributed by atoms with Crippen LogP contribution in [0.5, 0.6) is 0 Å². The Balaban J connectivity index is 2.58. The van der Waals surface area contributed by atoms with Crippen molar-refractivity contribution in [3.63, 3.8) is 0 Å². The first-order valence-corrected chi connectivity index (χ1v) is 6.49. The van der Waals surface area contributed by atoms with E-state index < -0.39 is 11.7 Å². The van der Waals surface area contributed by atoms with Crippen molar-refractivity contribution in [1.29, 1.82) is 0 Å². The molecule has 1 atom stereocenters. The number of aromatic nitrogens is 1. The van der Waals surface area contributed by atoms with Gasteiger partial charge in [-0.05, 0) is 49.6 Å². The lowest BCUT2D eigenvalue weighted by atomic mass is 9.99. The first-order valence-electron chi connectivity index (χ1n) is 6.49. The number of aryl methyl sites for hydroxylation is 1. The lowest BCUT2D eigenvalue weighted by Crippen LogP contribution is -2.14. The number of hydrogen-bond acceptors (Lipinski definition) is 2. The predicted octanol–water partition coefficient (Wildman–Crippen LogP) is 3.70. The van der Waals surface area contributed by atoms with Gasteiger partial charge in [-0.15, -0.1) is 0 Å². The Labute approximate surface area is 115 Å².